The van der Waals surface area contributed by atoms with Gasteiger partial charge in [-0.15, -0.1) is 0 Å². The van der Waals surface area contributed by atoms with Crippen molar-refractivity contribution in [1.29, 1.82) is 0 Å². The van der Waals surface area contributed by atoms with Crippen LogP contribution >= 0.6 is 0 Å². The van der Waals surface area contributed by atoms with E-state index in [9.17, 15) is 13.2 Å². The lowest BCUT2D eigenvalue weighted by atomic mass is 10.1. The van der Waals surface area contributed by atoms with Crippen LogP contribution in [-0.4, -0.2) is 50.0 Å². The highest BCUT2D eigenvalue weighted by Gasteiger charge is 2.34. The van der Waals surface area contributed by atoms with E-state index in [4.69, 9.17) is 14.6 Å². The molecule has 2 saturated heterocycles. The first-order valence-corrected chi connectivity index (χ1v) is 7.46. The fourth-order valence-corrected chi connectivity index (χ4v) is 4.14. The maximum absolute atomic E-state index is 11.3. The Hall–Kier alpha value is -0.660. The summed E-state index contributed by atoms with van der Waals surface area (Å²) in [5.41, 5.74) is 0. The lowest BCUT2D eigenvalue weighted by Crippen LogP contribution is -2.19. The molecule has 98 valence electrons. The van der Waals surface area contributed by atoms with Crippen LogP contribution in [0.25, 0.3) is 0 Å². The van der Waals surface area contributed by atoms with Gasteiger partial charge in [-0.05, 0) is 12.3 Å². The quantitative estimate of drug-likeness (QED) is 0.770. The molecule has 0 radical (unpaired) electrons. The summed E-state index contributed by atoms with van der Waals surface area (Å²) in [5.74, 6) is -0.403. The molecule has 1 N–H and O–H groups in total. The number of sulfone groups is 1. The lowest BCUT2D eigenvalue weighted by molar-refractivity contribution is -0.140. The Kier molecular flexibility index (Phi) is 3.70. The average molecular weight is 264 g/mol. The van der Waals surface area contributed by atoms with Gasteiger partial charge in [0.05, 0.1) is 30.6 Å². The summed E-state index contributed by atoms with van der Waals surface area (Å²) in [4.78, 5) is 10.5. The third kappa shape index (κ3) is 3.65. The third-order valence-electron chi connectivity index (χ3n) is 3.07. The molecule has 0 aromatic heterocycles. The summed E-state index contributed by atoms with van der Waals surface area (Å²) in [7, 11) is -2.87. The second kappa shape index (κ2) is 4.91. The van der Waals surface area contributed by atoms with Crippen LogP contribution in [0.5, 0.6) is 0 Å². The fourth-order valence-electron chi connectivity index (χ4n) is 2.26. The predicted octanol–water partition coefficient (Wildman–Crippen LogP) is 0.0274. The Morgan fingerprint density at radius 3 is 2.76 bits per heavy atom. The molecular formula is C10H16O6S. The van der Waals surface area contributed by atoms with Gasteiger partial charge in [-0.25, -0.2) is 8.42 Å². The summed E-state index contributed by atoms with van der Waals surface area (Å²) in [5, 5.41) is 8.60. The number of carbonyl (C=O) groups is 1. The Labute approximate surface area is 99.8 Å². The zero-order valence-electron chi connectivity index (χ0n) is 9.37. The molecule has 3 unspecified atom stereocenters. The van der Waals surface area contributed by atoms with Crippen molar-refractivity contribution in [2.75, 3.05) is 18.1 Å². The first-order valence-electron chi connectivity index (χ1n) is 5.64. The minimum absolute atomic E-state index is 0.0700. The second-order valence-electron chi connectivity index (χ2n) is 4.62. The molecule has 2 heterocycles. The van der Waals surface area contributed by atoms with Crippen molar-refractivity contribution in [2.24, 2.45) is 5.92 Å². The van der Waals surface area contributed by atoms with E-state index in [-0.39, 0.29) is 30.5 Å². The molecule has 6 nitrogen and oxygen atoms in total. The van der Waals surface area contributed by atoms with E-state index in [0.717, 1.165) is 0 Å². The van der Waals surface area contributed by atoms with Gasteiger partial charge in [0.15, 0.2) is 16.1 Å². The van der Waals surface area contributed by atoms with Crippen LogP contribution in [0.1, 0.15) is 19.3 Å². The van der Waals surface area contributed by atoms with Crippen LogP contribution in [0.15, 0.2) is 0 Å². The van der Waals surface area contributed by atoms with Crippen LogP contribution in [0.3, 0.4) is 0 Å². The number of rotatable bonds is 4. The minimum atomic E-state index is -2.87. The molecule has 0 aliphatic carbocycles. The summed E-state index contributed by atoms with van der Waals surface area (Å²) >= 11 is 0. The van der Waals surface area contributed by atoms with Gasteiger partial charge >= 0.3 is 5.97 Å². The topological polar surface area (TPSA) is 89.9 Å². The van der Waals surface area contributed by atoms with Crippen LogP contribution < -0.4 is 0 Å². The minimum Gasteiger partial charge on any atom is -0.481 e. The highest BCUT2D eigenvalue weighted by Crippen LogP contribution is 2.27. The van der Waals surface area contributed by atoms with E-state index in [1.807, 2.05) is 0 Å². The predicted molar refractivity (Wildman–Crippen MR) is 58.2 cm³/mol. The van der Waals surface area contributed by atoms with Crippen LogP contribution in [0.4, 0.5) is 0 Å². The molecule has 2 fully saturated rings. The van der Waals surface area contributed by atoms with Gasteiger partial charge in [0, 0.05) is 6.42 Å². The largest absolute Gasteiger partial charge is 0.481 e. The Bertz CT molecular complexity index is 390. The number of aliphatic carboxylic acids is 1. The first kappa shape index (κ1) is 12.8. The molecule has 3 atom stereocenters. The van der Waals surface area contributed by atoms with E-state index in [1.165, 1.54) is 0 Å². The summed E-state index contributed by atoms with van der Waals surface area (Å²) in [6, 6.07) is 0. The van der Waals surface area contributed by atoms with Gasteiger partial charge in [-0.3, -0.25) is 4.79 Å². The normalized spacial score (nSPS) is 36.1. The standard InChI is InChI=1S/C10H16O6S/c11-9(12)4-8-5-15-10(16-8)3-7-1-2-17(13,14)6-7/h7-8,10H,1-6H2,(H,11,12). The van der Waals surface area contributed by atoms with E-state index >= 15 is 0 Å². The number of hydrogen-bond donors (Lipinski definition) is 1. The zero-order valence-corrected chi connectivity index (χ0v) is 10.2. The van der Waals surface area contributed by atoms with Crippen molar-refractivity contribution >= 4 is 15.8 Å². The third-order valence-corrected chi connectivity index (χ3v) is 4.90. The molecule has 0 bridgehead atoms. The van der Waals surface area contributed by atoms with Gasteiger partial charge < -0.3 is 14.6 Å². The molecule has 0 aromatic rings. The number of ether oxygens (including phenoxy) is 2. The van der Waals surface area contributed by atoms with Gasteiger partial charge in [-0.1, -0.05) is 0 Å². The van der Waals surface area contributed by atoms with E-state index < -0.39 is 28.2 Å². The van der Waals surface area contributed by atoms with Crippen molar-refractivity contribution in [3.63, 3.8) is 0 Å². The highest BCUT2D eigenvalue weighted by atomic mass is 32.2. The van der Waals surface area contributed by atoms with Crippen LogP contribution in [-0.2, 0) is 24.1 Å². The van der Waals surface area contributed by atoms with Crippen LogP contribution in [0, 0.1) is 5.92 Å². The molecule has 7 heteroatoms. The zero-order chi connectivity index (χ0) is 12.5. The van der Waals surface area contributed by atoms with Crippen molar-refractivity contribution in [2.45, 2.75) is 31.7 Å². The summed E-state index contributed by atoms with van der Waals surface area (Å²) < 4.78 is 33.3. The lowest BCUT2D eigenvalue weighted by Gasteiger charge is -2.13. The molecule has 2 rings (SSSR count). The molecule has 2 aliphatic rings. The molecule has 0 aromatic carbocycles. The van der Waals surface area contributed by atoms with Crippen molar-refractivity contribution in [3.05, 3.63) is 0 Å². The SMILES string of the molecule is O=C(O)CC1COC(CC2CCS(=O)(=O)C2)O1. The molecule has 2 aliphatic heterocycles. The summed E-state index contributed by atoms with van der Waals surface area (Å²) in [6.45, 7) is 0.274. The second-order valence-corrected chi connectivity index (χ2v) is 6.85. The number of carboxylic acids is 1. The van der Waals surface area contributed by atoms with Gasteiger partial charge in [-0.2, -0.15) is 0 Å². The van der Waals surface area contributed by atoms with Gasteiger partial charge in [0.1, 0.15) is 0 Å². The molecule has 0 spiro atoms. The molecule has 0 saturated carbocycles. The maximum atomic E-state index is 11.3. The molecule has 0 amide bonds. The van der Waals surface area contributed by atoms with Crippen LogP contribution in [0.2, 0.25) is 0 Å². The molecule has 17 heavy (non-hydrogen) atoms. The monoisotopic (exact) mass is 264 g/mol. The summed E-state index contributed by atoms with van der Waals surface area (Å²) in [6.07, 6.45) is 0.261. The highest BCUT2D eigenvalue weighted by molar-refractivity contribution is 7.91. The Balaban J connectivity index is 1.77. The number of hydrogen-bond acceptors (Lipinski definition) is 5. The van der Waals surface area contributed by atoms with E-state index in [1.54, 1.807) is 0 Å². The van der Waals surface area contributed by atoms with E-state index in [2.05, 4.69) is 0 Å². The average Bonchev–Trinajstić information content (AvgIpc) is 2.73. The molecular weight excluding hydrogens is 248 g/mol. The Morgan fingerprint density at radius 2 is 2.18 bits per heavy atom. The fraction of sp³-hybridized carbons (Fsp3) is 0.900. The smallest absolute Gasteiger partial charge is 0.306 e. The Morgan fingerprint density at radius 1 is 1.41 bits per heavy atom. The van der Waals surface area contributed by atoms with Gasteiger partial charge in [0.2, 0.25) is 0 Å². The van der Waals surface area contributed by atoms with E-state index in [0.29, 0.717) is 12.8 Å². The van der Waals surface area contributed by atoms with Crippen molar-refractivity contribution < 1.29 is 27.8 Å². The van der Waals surface area contributed by atoms with Crippen molar-refractivity contribution in [3.8, 4) is 0 Å². The first-order chi connectivity index (χ1) is 7.94. The van der Waals surface area contributed by atoms with Crippen molar-refractivity contribution in [1.82, 2.24) is 0 Å². The van der Waals surface area contributed by atoms with Gasteiger partial charge in [0.25, 0.3) is 0 Å². The maximum Gasteiger partial charge on any atom is 0.306 e. The number of carboxylic acid groups (broad SMARTS) is 1.